The van der Waals surface area contributed by atoms with Gasteiger partial charge in [0.2, 0.25) is 0 Å². The summed E-state index contributed by atoms with van der Waals surface area (Å²) >= 11 is 0. The van der Waals surface area contributed by atoms with Crippen molar-refractivity contribution in [1.29, 1.82) is 0 Å². The van der Waals surface area contributed by atoms with Crippen LogP contribution >= 0.6 is 0 Å². The quantitative estimate of drug-likeness (QED) is 0.572. The van der Waals surface area contributed by atoms with Crippen molar-refractivity contribution in [2.24, 2.45) is 0 Å². The summed E-state index contributed by atoms with van der Waals surface area (Å²) in [6.45, 7) is 0. The third kappa shape index (κ3) is 8.92. The smallest absolute Gasteiger partial charge is 2.00 e. The van der Waals surface area contributed by atoms with Crippen LogP contribution < -0.4 is 0 Å². The first kappa shape index (κ1) is 35.6. The molecular weight excluding hydrogens is 297 g/mol. The molecule has 4 heavy (non-hydrogen) atoms. The van der Waals surface area contributed by atoms with Crippen molar-refractivity contribution in [3.05, 3.63) is 0 Å². The van der Waals surface area contributed by atoms with E-state index in [1.807, 2.05) is 0 Å². The SMILES string of the molecule is [In+3].[O-2].[O-2].[Sm+3]. The molecule has 4 heteroatoms. The molecule has 0 atom stereocenters. The van der Waals surface area contributed by atoms with Gasteiger partial charge in [0.1, 0.15) is 0 Å². The molecule has 19 valence electrons. The fourth-order valence-corrected chi connectivity index (χ4v) is 0. The first-order valence-corrected chi connectivity index (χ1v) is 0. The second kappa shape index (κ2) is 19.3. The Morgan fingerprint density at radius 1 is 0.750 bits per heavy atom. The molecule has 0 unspecified atom stereocenters. The predicted molar refractivity (Wildman–Crippen MR) is 7.13 cm³/mol. The van der Waals surface area contributed by atoms with E-state index in [0.717, 1.165) is 0 Å². The molecule has 0 saturated heterocycles. The summed E-state index contributed by atoms with van der Waals surface area (Å²) in [5.74, 6) is 0. The van der Waals surface area contributed by atoms with E-state index < -0.39 is 0 Å². The fourth-order valence-electron chi connectivity index (χ4n) is 0. The summed E-state index contributed by atoms with van der Waals surface area (Å²) < 4.78 is 0. The fraction of sp³-hybridized carbons (Fsp3) is 0. The molecule has 1 radical (unpaired) electrons. The third-order valence-corrected chi connectivity index (χ3v) is 0. The molecule has 0 aliphatic rings. The van der Waals surface area contributed by atoms with Gasteiger partial charge in [-0.3, -0.25) is 0 Å². The van der Waals surface area contributed by atoms with Crippen LogP contribution in [-0.4, -0.2) is 25.8 Å². The van der Waals surface area contributed by atoms with E-state index in [4.69, 9.17) is 0 Å². The van der Waals surface area contributed by atoms with Crippen molar-refractivity contribution in [2.75, 3.05) is 0 Å². The molecule has 0 heterocycles. The molecule has 2 nitrogen and oxygen atoms in total. The Balaban J connectivity index is 0. The third-order valence-electron chi connectivity index (χ3n) is 0. The van der Waals surface area contributed by atoms with Crippen LogP contribution in [0.4, 0.5) is 0 Å². The van der Waals surface area contributed by atoms with Gasteiger partial charge in [0.25, 0.3) is 0 Å². The van der Waals surface area contributed by atoms with Crippen LogP contribution in [0, 0.1) is 40.4 Å². The molecule has 0 fully saturated rings. The Hall–Kier alpha value is 2.13. The number of hydrogen-bond acceptors (Lipinski definition) is 0. The van der Waals surface area contributed by atoms with Crippen molar-refractivity contribution in [3.63, 3.8) is 0 Å². The molecule has 0 aliphatic carbocycles. The maximum absolute atomic E-state index is 0. The zero-order chi connectivity index (χ0) is 0. The Morgan fingerprint density at radius 2 is 0.750 bits per heavy atom. The Morgan fingerprint density at radius 3 is 0.750 bits per heavy atom. The van der Waals surface area contributed by atoms with Crippen LogP contribution in [0.5, 0.6) is 0 Å². The average Bonchev–Trinajstić information content (AvgIpc) is 0. The summed E-state index contributed by atoms with van der Waals surface area (Å²) in [4.78, 5) is 0. The van der Waals surface area contributed by atoms with E-state index in [-0.39, 0.29) is 77.2 Å². The first-order valence-electron chi connectivity index (χ1n) is 0. The van der Waals surface area contributed by atoms with E-state index in [1.165, 1.54) is 0 Å². The van der Waals surface area contributed by atoms with E-state index in [0.29, 0.717) is 0 Å². The Bertz CT molecular complexity index is 6.00. The van der Waals surface area contributed by atoms with Crippen molar-refractivity contribution in [2.45, 2.75) is 0 Å². The van der Waals surface area contributed by atoms with Crippen LogP contribution in [-0.2, 0) is 11.0 Å². The molecule has 0 N–H and O–H groups in total. The van der Waals surface area contributed by atoms with Gasteiger partial charge in [-0.2, -0.15) is 0 Å². The van der Waals surface area contributed by atoms with E-state index in [9.17, 15) is 0 Å². The molecule has 0 amide bonds. The van der Waals surface area contributed by atoms with Crippen molar-refractivity contribution < 1.29 is 51.3 Å². The van der Waals surface area contributed by atoms with E-state index in [1.54, 1.807) is 0 Å². The Kier molecular flexibility index (Phi) is 172. The Labute approximate surface area is 75.8 Å². The van der Waals surface area contributed by atoms with Crippen LogP contribution in [0.1, 0.15) is 0 Å². The molecule has 0 aromatic heterocycles. The average molecular weight is 297 g/mol. The zero-order valence-corrected chi connectivity index (χ0v) is 7.72. The molecular formula is InO2Sm+2. The molecule has 0 aliphatic heterocycles. The van der Waals surface area contributed by atoms with E-state index in [2.05, 4.69) is 0 Å². The maximum Gasteiger partial charge on any atom is 3.00 e. The summed E-state index contributed by atoms with van der Waals surface area (Å²) in [5, 5.41) is 0. The van der Waals surface area contributed by atoms with Crippen molar-refractivity contribution in [3.8, 4) is 0 Å². The summed E-state index contributed by atoms with van der Waals surface area (Å²) in [5.41, 5.74) is 0. The minimum atomic E-state index is 0. The topological polar surface area (TPSA) is 57.0 Å². The summed E-state index contributed by atoms with van der Waals surface area (Å²) in [6, 6.07) is 0. The largest absolute Gasteiger partial charge is 3.00 e. The second-order valence-corrected chi connectivity index (χ2v) is 0. The van der Waals surface area contributed by atoms with Gasteiger partial charge in [-0.15, -0.1) is 0 Å². The molecule has 0 saturated carbocycles. The molecule has 0 aromatic rings. The second-order valence-electron chi connectivity index (χ2n) is 0. The van der Waals surface area contributed by atoms with Gasteiger partial charge >= 0.3 is 66.2 Å². The molecule has 0 bridgehead atoms. The first-order chi connectivity index (χ1) is 0. The van der Waals surface area contributed by atoms with Gasteiger partial charge in [0.15, 0.2) is 0 Å². The van der Waals surface area contributed by atoms with Crippen molar-refractivity contribution >= 4 is 25.8 Å². The van der Waals surface area contributed by atoms with Crippen LogP contribution in [0.3, 0.4) is 0 Å². The molecule has 0 rings (SSSR count). The van der Waals surface area contributed by atoms with Gasteiger partial charge in [0.05, 0.1) is 0 Å². The van der Waals surface area contributed by atoms with Gasteiger partial charge in [-0.1, -0.05) is 0 Å². The van der Waals surface area contributed by atoms with Crippen molar-refractivity contribution in [1.82, 2.24) is 0 Å². The van der Waals surface area contributed by atoms with Gasteiger partial charge in [-0.05, 0) is 0 Å². The van der Waals surface area contributed by atoms with Crippen LogP contribution in [0.2, 0.25) is 0 Å². The minimum Gasteiger partial charge on any atom is -2.00 e. The number of hydrogen-bond donors (Lipinski definition) is 0. The monoisotopic (exact) mass is 299 g/mol. The normalized spacial score (nSPS) is 0. The minimum absolute atomic E-state index is 0. The van der Waals surface area contributed by atoms with Crippen LogP contribution in [0.25, 0.3) is 0 Å². The van der Waals surface area contributed by atoms with Gasteiger partial charge in [-0.25, -0.2) is 0 Å². The van der Waals surface area contributed by atoms with E-state index >= 15 is 0 Å². The van der Waals surface area contributed by atoms with Crippen LogP contribution in [0.15, 0.2) is 0 Å². The maximum atomic E-state index is 0. The molecule has 0 spiro atoms. The number of rotatable bonds is 0. The molecule has 0 aromatic carbocycles. The van der Waals surface area contributed by atoms with Gasteiger partial charge < -0.3 is 11.0 Å². The standard InChI is InChI=1S/In.2O.Sm/q+3;2*-2;+3. The summed E-state index contributed by atoms with van der Waals surface area (Å²) in [7, 11) is 0. The summed E-state index contributed by atoms with van der Waals surface area (Å²) in [6.07, 6.45) is 0. The van der Waals surface area contributed by atoms with Gasteiger partial charge in [0, 0.05) is 0 Å². The zero-order valence-electron chi connectivity index (χ0n) is 1.80. The predicted octanol–water partition coefficient (Wildman–Crippen LogP) is -0.618.